The maximum Gasteiger partial charge on any atom is 0.338 e. The molecule has 3 heterocycles. The zero-order valence-electron chi connectivity index (χ0n) is 15.1. The van der Waals surface area contributed by atoms with Gasteiger partial charge in [-0.1, -0.05) is 11.8 Å². The first-order valence-electron chi connectivity index (χ1n) is 8.26. The molecular weight excluding hydrogens is 370 g/mol. The Hall–Kier alpha value is -2.06. The zero-order chi connectivity index (χ0) is 18.8. The number of esters is 1. The van der Waals surface area contributed by atoms with Gasteiger partial charge in [0.1, 0.15) is 0 Å². The van der Waals surface area contributed by atoms with E-state index in [0.29, 0.717) is 11.3 Å². The van der Waals surface area contributed by atoms with E-state index in [1.807, 2.05) is 47.9 Å². The molecule has 1 amide bonds. The highest BCUT2D eigenvalue weighted by Crippen LogP contribution is 2.45. The third-order valence-corrected chi connectivity index (χ3v) is 5.65. The highest BCUT2D eigenvalue weighted by Gasteiger charge is 2.41. The highest BCUT2D eigenvalue weighted by molar-refractivity contribution is 8.16. The summed E-state index contributed by atoms with van der Waals surface area (Å²) >= 11 is 3.04. The van der Waals surface area contributed by atoms with Gasteiger partial charge in [-0.05, 0) is 48.6 Å². The van der Waals surface area contributed by atoms with Gasteiger partial charge in [-0.3, -0.25) is 4.79 Å². The van der Waals surface area contributed by atoms with Crippen LogP contribution in [-0.4, -0.2) is 35.1 Å². The van der Waals surface area contributed by atoms with Crippen molar-refractivity contribution in [3.63, 3.8) is 0 Å². The predicted octanol–water partition coefficient (Wildman–Crippen LogP) is 3.41. The molecular formula is C18H21N3O3S2. The number of amidine groups is 1. The summed E-state index contributed by atoms with van der Waals surface area (Å²) < 4.78 is 5.01. The third kappa shape index (κ3) is 3.57. The van der Waals surface area contributed by atoms with Gasteiger partial charge in [0, 0.05) is 11.7 Å². The van der Waals surface area contributed by atoms with Gasteiger partial charge in [0.05, 0.1) is 30.8 Å². The Kier molecular flexibility index (Phi) is 5.52. The highest BCUT2D eigenvalue weighted by atomic mass is 32.2. The summed E-state index contributed by atoms with van der Waals surface area (Å²) in [7, 11) is 1.37. The second-order valence-corrected chi connectivity index (χ2v) is 7.96. The van der Waals surface area contributed by atoms with E-state index >= 15 is 0 Å². The minimum Gasteiger partial charge on any atom is -0.466 e. The van der Waals surface area contributed by atoms with Crippen LogP contribution in [0.2, 0.25) is 0 Å². The summed E-state index contributed by atoms with van der Waals surface area (Å²) in [4.78, 5) is 31.3. The molecule has 2 aliphatic rings. The molecule has 0 aromatic carbocycles. The van der Waals surface area contributed by atoms with Gasteiger partial charge < -0.3 is 15.0 Å². The van der Waals surface area contributed by atoms with Gasteiger partial charge >= 0.3 is 5.97 Å². The molecule has 26 heavy (non-hydrogen) atoms. The third-order valence-electron chi connectivity index (χ3n) is 4.06. The minimum atomic E-state index is -0.399. The lowest BCUT2D eigenvalue weighted by molar-refractivity contribution is -0.136. The number of thiophene rings is 1. The molecule has 1 atom stereocenters. The number of nitrogens with zero attached hydrogens (tertiary/aromatic N) is 2. The molecule has 0 bridgehead atoms. The maximum atomic E-state index is 12.5. The van der Waals surface area contributed by atoms with E-state index in [1.165, 1.54) is 18.9 Å². The molecule has 0 fully saturated rings. The van der Waals surface area contributed by atoms with Gasteiger partial charge in [-0.25, -0.2) is 9.79 Å². The van der Waals surface area contributed by atoms with Gasteiger partial charge in [0.25, 0.3) is 0 Å². The maximum absolute atomic E-state index is 12.5. The van der Waals surface area contributed by atoms with Gasteiger partial charge in [0.2, 0.25) is 5.91 Å². The number of carbonyl (C=O) groups is 2. The summed E-state index contributed by atoms with van der Waals surface area (Å²) in [6.45, 7) is 5.68. The lowest BCUT2D eigenvalue weighted by Gasteiger charge is -2.35. The number of rotatable bonds is 5. The Morgan fingerprint density at radius 2 is 2.19 bits per heavy atom. The van der Waals surface area contributed by atoms with Crippen molar-refractivity contribution in [2.24, 2.45) is 4.99 Å². The quantitative estimate of drug-likeness (QED) is 0.779. The first-order valence-corrected chi connectivity index (χ1v) is 10.1. The lowest BCUT2D eigenvalue weighted by Crippen LogP contribution is -2.38. The molecule has 1 unspecified atom stereocenters. The molecule has 138 valence electrons. The van der Waals surface area contributed by atoms with Crippen LogP contribution in [-0.2, 0) is 14.3 Å². The Labute approximate surface area is 161 Å². The van der Waals surface area contributed by atoms with Crippen LogP contribution in [0.5, 0.6) is 0 Å². The molecule has 0 spiro atoms. The molecule has 6 nitrogen and oxygen atoms in total. The number of fused-ring (bicyclic) bond motifs is 1. The van der Waals surface area contributed by atoms with Crippen LogP contribution in [0.3, 0.4) is 0 Å². The average molecular weight is 392 g/mol. The second-order valence-electron chi connectivity index (χ2n) is 6.34. The van der Waals surface area contributed by atoms with Crippen molar-refractivity contribution in [2.75, 3.05) is 7.11 Å². The molecule has 8 heteroatoms. The van der Waals surface area contributed by atoms with E-state index < -0.39 is 5.97 Å². The van der Waals surface area contributed by atoms with E-state index in [4.69, 9.17) is 4.74 Å². The number of carbonyl (C=O) groups excluding carboxylic acids is 2. The average Bonchev–Trinajstić information content (AvgIpc) is 3.22. The molecule has 1 N–H and O–H groups in total. The molecule has 2 aliphatic heterocycles. The molecule has 3 rings (SSSR count). The van der Waals surface area contributed by atoms with E-state index in [-0.39, 0.29) is 24.4 Å². The lowest BCUT2D eigenvalue weighted by atomic mass is 9.96. The number of methoxy groups -OCH3 is 1. The van der Waals surface area contributed by atoms with Gasteiger partial charge in [0.15, 0.2) is 5.17 Å². The number of hydrogen-bond acceptors (Lipinski definition) is 7. The fraction of sp³-hybridized carbons (Fsp3) is 0.389. The smallest absolute Gasteiger partial charge is 0.338 e. The summed E-state index contributed by atoms with van der Waals surface area (Å²) in [6.07, 6.45) is 0.234. The summed E-state index contributed by atoms with van der Waals surface area (Å²) in [6, 6.07) is 1.73. The fourth-order valence-corrected chi connectivity index (χ4v) is 4.67. The van der Waals surface area contributed by atoms with Crippen molar-refractivity contribution in [3.8, 4) is 0 Å². The zero-order valence-corrected chi connectivity index (χ0v) is 16.7. The van der Waals surface area contributed by atoms with Crippen molar-refractivity contribution >= 4 is 40.1 Å². The van der Waals surface area contributed by atoms with Gasteiger partial charge in [-0.2, -0.15) is 11.3 Å². The molecule has 0 saturated carbocycles. The minimum absolute atomic E-state index is 0.0527. The first kappa shape index (κ1) is 18.7. The number of amides is 1. The topological polar surface area (TPSA) is 71.0 Å². The van der Waals surface area contributed by atoms with Crippen molar-refractivity contribution < 1.29 is 14.3 Å². The molecule has 0 radical (unpaired) electrons. The summed E-state index contributed by atoms with van der Waals surface area (Å²) in [5.74, 6) is -0.451. The Morgan fingerprint density at radius 3 is 2.81 bits per heavy atom. The van der Waals surface area contributed by atoms with E-state index in [1.54, 1.807) is 11.3 Å². The number of ether oxygens (including phenoxy) is 1. The van der Waals surface area contributed by atoms with Crippen LogP contribution in [0.1, 0.15) is 38.8 Å². The standard InChI is InChI=1S/C18H21N3O3S2/c1-10(2)19-14(22)7-13-9-26-18-20-11(3)15(17(23)24-4)16(21(13)18)12-5-6-25-8-12/h5-6,8-10,16H,7H2,1-4H3,(H,19,22). The molecule has 0 saturated heterocycles. The number of allylic oxidation sites excluding steroid dienone is 1. The van der Waals surface area contributed by atoms with Crippen molar-refractivity contribution in [3.05, 3.63) is 44.8 Å². The molecule has 0 aliphatic carbocycles. The Bertz CT molecular complexity index is 810. The number of thioether (sulfide) groups is 1. The number of aliphatic imine (C=N–C) groups is 1. The van der Waals surface area contributed by atoms with Crippen LogP contribution in [0.25, 0.3) is 0 Å². The van der Waals surface area contributed by atoms with E-state index in [9.17, 15) is 9.59 Å². The number of hydrogen-bond donors (Lipinski definition) is 1. The number of nitrogens with one attached hydrogen (secondary N) is 1. The predicted molar refractivity (Wildman–Crippen MR) is 105 cm³/mol. The van der Waals surface area contributed by atoms with E-state index in [2.05, 4.69) is 10.3 Å². The van der Waals surface area contributed by atoms with Crippen molar-refractivity contribution in [2.45, 2.75) is 39.3 Å². The second kappa shape index (κ2) is 7.67. The Balaban J connectivity index is 1.98. The molecule has 1 aromatic heterocycles. The summed E-state index contributed by atoms with van der Waals surface area (Å²) in [5, 5.41) is 9.61. The van der Waals surface area contributed by atoms with Crippen LogP contribution in [0, 0.1) is 0 Å². The molecule has 1 aromatic rings. The SMILES string of the molecule is COC(=O)C1=C(C)N=C2SC=C(CC(=O)NC(C)C)N2C1c1ccsc1. The van der Waals surface area contributed by atoms with Crippen molar-refractivity contribution in [1.29, 1.82) is 0 Å². The Morgan fingerprint density at radius 1 is 1.42 bits per heavy atom. The fourth-order valence-electron chi connectivity index (χ4n) is 3.02. The van der Waals surface area contributed by atoms with E-state index in [0.717, 1.165) is 16.4 Å². The normalized spacial score (nSPS) is 19.3. The van der Waals surface area contributed by atoms with Crippen LogP contribution < -0.4 is 5.32 Å². The van der Waals surface area contributed by atoms with Crippen LogP contribution in [0.15, 0.2) is 44.2 Å². The van der Waals surface area contributed by atoms with Gasteiger partial charge in [-0.15, -0.1) is 0 Å². The largest absolute Gasteiger partial charge is 0.466 e. The van der Waals surface area contributed by atoms with Crippen LogP contribution >= 0.6 is 23.1 Å². The van der Waals surface area contributed by atoms with Crippen LogP contribution in [0.4, 0.5) is 0 Å². The summed E-state index contributed by atoms with van der Waals surface area (Å²) in [5.41, 5.74) is 2.97. The monoisotopic (exact) mass is 391 g/mol. The van der Waals surface area contributed by atoms with Crippen molar-refractivity contribution in [1.82, 2.24) is 10.2 Å². The first-order chi connectivity index (χ1) is 12.4.